The van der Waals surface area contributed by atoms with Crippen LogP contribution in [0.1, 0.15) is 39.3 Å². The summed E-state index contributed by atoms with van der Waals surface area (Å²) < 4.78 is 6.31. The van der Waals surface area contributed by atoms with Gasteiger partial charge in [0, 0.05) is 33.3 Å². The Morgan fingerprint density at radius 1 is 1.43 bits per heavy atom. The van der Waals surface area contributed by atoms with E-state index in [4.69, 9.17) is 9.72 Å². The van der Waals surface area contributed by atoms with Crippen molar-refractivity contribution in [3.05, 3.63) is 36.4 Å². The minimum Gasteiger partial charge on any atom is -0.383 e. The van der Waals surface area contributed by atoms with Crippen molar-refractivity contribution < 1.29 is 4.74 Å². The molecule has 1 N–H and O–H groups in total. The second-order valence-electron chi connectivity index (χ2n) is 5.18. The van der Waals surface area contributed by atoms with Gasteiger partial charge < -0.3 is 10.1 Å². The number of thiazole rings is 1. The third-order valence-electron chi connectivity index (χ3n) is 3.64. The van der Waals surface area contributed by atoms with Gasteiger partial charge in [-0.3, -0.25) is 0 Å². The van der Waals surface area contributed by atoms with Gasteiger partial charge >= 0.3 is 0 Å². The van der Waals surface area contributed by atoms with Gasteiger partial charge in [-0.05, 0) is 47.7 Å². The molecule has 3 rings (SSSR count). The van der Waals surface area contributed by atoms with E-state index in [-0.39, 0.29) is 6.04 Å². The summed E-state index contributed by atoms with van der Waals surface area (Å²) in [6.45, 7) is 1.55. The largest absolute Gasteiger partial charge is 0.383 e. The maximum absolute atomic E-state index is 5.17. The molecule has 1 aliphatic rings. The zero-order valence-electron chi connectivity index (χ0n) is 12.0. The van der Waals surface area contributed by atoms with E-state index in [1.165, 1.54) is 39.7 Å². The van der Waals surface area contributed by atoms with Crippen LogP contribution in [0.2, 0.25) is 0 Å². The van der Waals surface area contributed by atoms with E-state index in [0.29, 0.717) is 6.61 Å². The van der Waals surface area contributed by atoms with Crippen molar-refractivity contribution in [3.63, 3.8) is 0 Å². The van der Waals surface area contributed by atoms with Gasteiger partial charge in [-0.1, -0.05) is 0 Å². The number of fused-ring (bicyclic) bond motifs is 1. The van der Waals surface area contributed by atoms with E-state index in [2.05, 4.69) is 32.7 Å². The molecule has 3 nitrogen and oxygen atoms in total. The molecule has 2 heterocycles. The highest BCUT2D eigenvalue weighted by molar-refractivity contribution is 9.10. The molecule has 1 atom stereocenters. The molecule has 6 heteroatoms. The number of aromatic nitrogens is 1. The predicted octanol–water partition coefficient (Wildman–Crippen LogP) is 4.17. The average molecular weight is 387 g/mol. The zero-order chi connectivity index (χ0) is 14.7. The number of ether oxygens (including phenoxy) is 1. The van der Waals surface area contributed by atoms with Crippen LogP contribution < -0.4 is 5.32 Å². The van der Waals surface area contributed by atoms with E-state index in [9.17, 15) is 0 Å². The number of hydrogen-bond donors (Lipinski definition) is 1. The van der Waals surface area contributed by atoms with E-state index >= 15 is 0 Å². The van der Waals surface area contributed by atoms with Gasteiger partial charge in [0.15, 0.2) is 0 Å². The maximum Gasteiger partial charge on any atom is 0.115 e. The fourth-order valence-corrected chi connectivity index (χ4v) is 5.43. The Morgan fingerprint density at radius 3 is 3.00 bits per heavy atom. The fraction of sp³-hybridized carbons (Fsp3) is 0.533. The van der Waals surface area contributed by atoms with Crippen LogP contribution in [0, 0.1) is 0 Å². The molecule has 0 bridgehead atoms. The summed E-state index contributed by atoms with van der Waals surface area (Å²) in [6.07, 6.45) is 4.93. The van der Waals surface area contributed by atoms with Crippen LogP contribution in [0.15, 0.2) is 15.9 Å². The molecule has 114 valence electrons. The first-order valence-corrected chi connectivity index (χ1v) is 9.71. The first-order valence-electron chi connectivity index (χ1n) is 7.22. The Morgan fingerprint density at radius 2 is 2.29 bits per heavy atom. The minimum absolute atomic E-state index is 0.187. The molecule has 1 aliphatic carbocycles. The quantitative estimate of drug-likeness (QED) is 0.756. The molecule has 1 unspecified atom stereocenters. The average Bonchev–Trinajstić information content (AvgIpc) is 3.09. The van der Waals surface area contributed by atoms with Gasteiger partial charge in [-0.25, -0.2) is 4.98 Å². The first kappa shape index (κ1) is 15.6. The molecule has 2 aromatic rings. The van der Waals surface area contributed by atoms with E-state index < -0.39 is 0 Å². The van der Waals surface area contributed by atoms with Crippen molar-refractivity contribution >= 4 is 38.6 Å². The van der Waals surface area contributed by atoms with Gasteiger partial charge in [0.2, 0.25) is 0 Å². The van der Waals surface area contributed by atoms with Crippen molar-refractivity contribution in [3.8, 4) is 0 Å². The summed E-state index contributed by atoms with van der Waals surface area (Å²) in [5, 5.41) is 6.92. The van der Waals surface area contributed by atoms with Gasteiger partial charge in [0.05, 0.1) is 18.3 Å². The number of thiophene rings is 1. The lowest BCUT2D eigenvalue weighted by Crippen LogP contribution is -2.25. The number of aryl methyl sites for hydroxylation is 2. The van der Waals surface area contributed by atoms with Crippen molar-refractivity contribution in [2.75, 3.05) is 20.3 Å². The number of nitrogens with one attached hydrogen (secondary N) is 1. The summed E-state index contributed by atoms with van der Waals surface area (Å²) >= 11 is 7.21. The van der Waals surface area contributed by atoms with E-state index in [0.717, 1.165) is 17.4 Å². The van der Waals surface area contributed by atoms with Gasteiger partial charge in [-0.2, -0.15) is 0 Å². The molecule has 0 radical (unpaired) electrons. The smallest absolute Gasteiger partial charge is 0.115 e. The van der Waals surface area contributed by atoms with E-state index in [1.54, 1.807) is 18.4 Å². The van der Waals surface area contributed by atoms with Gasteiger partial charge in [0.1, 0.15) is 5.01 Å². The molecule has 0 saturated carbocycles. The molecule has 0 saturated heterocycles. The molecular formula is C15H19BrN2OS2. The third-order valence-corrected chi connectivity index (χ3v) is 6.62. The maximum atomic E-state index is 5.17. The lowest BCUT2D eigenvalue weighted by molar-refractivity contribution is 0.197. The molecule has 21 heavy (non-hydrogen) atoms. The van der Waals surface area contributed by atoms with Crippen LogP contribution in [-0.2, 0) is 17.6 Å². The molecule has 2 aromatic heterocycles. The normalized spacial score (nSPS) is 15.9. The van der Waals surface area contributed by atoms with Crippen molar-refractivity contribution in [1.29, 1.82) is 0 Å². The zero-order valence-corrected chi connectivity index (χ0v) is 15.2. The Labute approximate surface area is 141 Å². The number of hydrogen-bond acceptors (Lipinski definition) is 5. The lowest BCUT2D eigenvalue weighted by atomic mass is 10.0. The number of nitrogens with zero attached hydrogens (tertiary/aromatic N) is 1. The van der Waals surface area contributed by atoms with Crippen LogP contribution in [0.5, 0.6) is 0 Å². The minimum atomic E-state index is 0.187. The molecular weight excluding hydrogens is 368 g/mol. The Balaban J connectivity index is 1.85. The highest BCUT2D eigenvalue weighted by Crippen LogP contribution is 2.35. The Hall–Kier alpha value is -0.270. The number of halogens is 1. The van der Waals surface area contributed by atoms with Crippen LogP contribution in [0.3, 0.4) is 0 Å². The van der Waals surface area contributed by atoms with E-state index in [1.807, 2.05) is 11.3 Å². The molecule has 0 amide bonds. The lowest BCUT2D eigenvalue weighted by Gasteiger charge is -2.14. The van der Waals surface area contributed by atoms with Crippen molar-refractivity contribution in [2.45, 2.75) is 31.7 Å². The number of rotatable bonds is 6. The van der Waals surface area contributed by atoms with Crippen LogP contribution >= 0.6 is 38.6 Å². The first-order chi connectivity index (χ1) is 10.3. The van der Waals surface area contributed by atoms with Crippen molar-refractivity contribution in [2.24, 2.45) is 0 Å². The summed E-state index contributed by atoms with van der Waals surface area (Å²) in [4.78, 5) is 7.72. The summed E-state index contributed by atoms with van der Waals surface area (Å²) in [5.74, 6) is 0. The molecule has 0 spiro atoms. The Kier molecular flexibility index (Phi) is 5.45. The van der Waals surface area contributed by atoms with Crippen molar-refractivity contribution in [1.82, 2.24) is 10.3 Å². The third kappa shape index (κ3) is 3.74. The van der Waals surface area contributed by atoms with Crippen LogP contribution in [0.4, 0.5) is 0 Å². The topological polar surface area (TPSA) is 34.1 Å². The summed E-state index contributed by atoms with van der Waals surface area (Å²) in [6, 6.07) is 2.38. The number of methoxy groups -OCH3 is 1. The summed E-state index contributed by atoms with van der Waals surface area (Å²) in [7, 11) is 1.74. The Bertz CT molecular complexity index is 573. The molecule has 0 fully saturated rings. The van der Waals surface area contributed by atoms with Crippen LogP contribution in [-0.4, -0.2) is 25.2 Å². The summed E-state index contributed by atoms with van der Waals surface area (Å²) in [5.41, 5.74) is 1.33. The molecule has 0 aromatic carbocycles. The highest BCUT2D eigenvalue weighted by atomic mass is 79.9. The van der Waals surface area contributed by atoms with Gasteiger partial charge in [0.25, 0.3) is 0 Å². The second kappa shape index (κ2) is 7.33. The fourth-order valence-electron chi connectivity index (χ4n) is 2.59. The SMILES string of the molecule is COCCNC(c1cc(Br)cs1)c1nc2c(s1)CCCC2. The van der Waals surface area contributed by atoms with Gasteiger partial charge in [-0.15, -0.1) is 22.7 Å². The monoisotopic (exact) mass is 386 g/mol. The molecule has 0 aliphatic heterocycles. The highest BCUT2D eigenvalue weighted by Gasteiger charge is 2.23. The standard InChI is InChI=1S/C15H19BrN2OS2/c1-19-7-6-17-14(13-8-10(16)9-20-13)15-18-11-4-2-3-5-12(11)21-15/h8-9,14,17H,2-7H2,1H3. The second-order valence-corrected chi connectivity index (χ2v) is 8.15. The predicted molar refractivity (Wildman–Crippen MR) is 92.5 cm³/mol. The van der Waals surface area contributed by atoms with Crippen LogP contribution in [0.25, 0.3) is 0 Å².